The van der Waals surface area contributed by atoms with Gasteiger partial charge in [0.2, 0.25) is 5.78 Å². The van der Waals surface area contributed by atoms with Crippen molar-refractivity contribution in [1.29, 1.82) is 0 Å². The molecule has 0 aromatic heterocycles. The van der Waals surface area contributed by atoms with E-state index in [0.29, 0.717) is 30.3 Å². The third-order valence-corrected chi connectivity index (χ3v) is 2.09. The number of halogens is 1. The lowest BCUT2D eigenvalue weighted by atomic mass is 10.1. The largest absolute Gasteiger partial charge is 1.00 e. The van der Waals surface area contributed by atoms with Gasteiger partial charge < -0.3 is 27.6 Å². The molecule has 1 heterocycles. The van der Waals surface area contributed by atoms with Crippen molar-refractivity contribution in [1.82, 2.24) is 0 Å². The Morgan fingerprint density at radius 1 is 1.27 bits per heavy atom. The van der Waals surface area contributed by atoms with Crippen LogP contribution in [0.25, 0.3) is 0 Å². The second kappa shape index (κ2) is 5.00. The Balaban J connectivity index is 0.00000112. The molecule has 0 saturated heterocycles. The lowest BCUT2D eigenvalue weighted by Crippen LogP contribution is -3.00. The van der Waals surface area contributed by atoms with Gasteiger partial charge in [0.05, 0.1) is 0 Å². The van der Waals surface area contributed by atoms with E-state index in [1.807, 2.05) is 0 Å². The summed E-state index contributed by atoms with van der Waals surface area (Å²) in [6.07, 6.45) is 0. The first-order valence-corrected chi connectivity index (χ1v) is 4.53. The van der Waals surface area contributed by atoms with Crippen molar-refractivity contribution in [2.24, 2.45) is 0 Å². The van der Waals surface area contributed by atoms with Crippen molar-refractivity contribution < 1.29 is 32.4 Å². The molecule has 5 heteroatoms. The number of benzene rings is 1. The van der Waals surface area contributed by atoms with Crippen molar-refractivity contribution in [3.05, 3.63) is 23.8 Å². The maximum absolute atomic E-state index is 11.3. The molecule has 2 rings (SSSR count). The van der Waals surface area contributed by atoms with Crippen LogP contribution in [0.1, 0.15) is 10.4 Å². The summed E-state index contributed by atoms with van der Waals surface area (Å²) in [6, 6.07) is 5.21. The minimum absolute atomic E-state index is 0. The van der Waals surface area contributed by atoms with Gasteiger partial charge in [0.25, 0.3) is 0 Å². The Morgan fingerprint density at radius 3 is 2.60 bits per heavy atom. The number of hydrogen-bond acceptors (Lipinski definition) is 3. The summed E-state index contributed by atoms with van der Waals surface area (Å²) in [5.41, 5.74) is 4.18. The molecule has 0 bridgehead atoms. The number of fused-ring (bicyclic) bond motifs is 1. The Morgan fingerprint density at radius 2 is 1.93 bits per heavy atom. The fourth-order valence-corrected chi connectivity index (χ4v) is 1.36. The number of hydrogen-bond donors (Lipinski definition) is 1. The van der Waals surface area contributed by atoms with E-state index in [2.05, 4.69) is 5.73 Å². The quantitative estimate of drug-likeness (QED) is 0.546. The average molecular weight is 230 g/mol. The van der Waals surface area contributed by atoms with Crippen LogP contribution in [-0.4, -0.2) is 25.5 Å². The summed E-state index contributed by atoms with van der Waals surface area (Å²) in [7, 11) is 0. The second-order valence-corrected chi connectivity index (χ2v) is 3.03. The molecule has 1 aromatic rings. The van der Waals surface area contributed by atoms with E-state index in [1.165, 1.54) is 0 Å². The normalized spacial score (nSPS) is 12.9. The molecule has 15 heavy (non-hydrogen) atoms. The Hall–Kier alpha value is -1.26. The first kappa shape index (κ1) is 11.8. The van der Waals surface area contributed by atoms with E-state index >= 15 is 0 Å². The van der Waals surface area contributed by atoms with Crippen LogP contribution in [0.2, 0.25) is 0 Å². The molecule has 0 radical (unpaired) electrons. The molecule has 1 aliphatic heterocycles. The standard InChI is InChI=1S/C10H11NO3.ClH/c11-6-8(12)7-1-2-9-10(5-7)14-4-3-13-9;/h1-2,5H,3-4,6,11H2;1H. The van der Waals surface area contributed by atoms with Gasteiger partial charge in [-0.3, -0.25) is 4.79 Å². The van der Waals surface area contributed by atoms with E-state index < -0.39 is 0 Å². The lowest BCUT2D eigenvalue weighted by Gasteiger charge is -2.18. The summed E-state index contributed by atoms with van der Waals surface area (Å²) in [5, 5.41) is 0. The van der Waals surface area contributed by atoms with Crippen LogP contribution in [0.15, 0.2) is 18.2 Å². The van der Waals surface area contributed by atoms with Crippen LogP contribution >= 0.6 is 0 Å². The van der Waals surface area contributed by atoms with Gasteiger partial charge in [0.1, 0.15) is 19.8 Å². The summed E-state index contributed by atoms with van der Waals surface area (Å²) in [4.78, 5) is 11.3. The van der Waals surface area contributed by atoms with Gasteiger partial charge in [-0.2, -0.15) is 0 Å². The molecule has 82 valence electrons. The van der Waals surface area contributed by atoms with Crippen LogP contribution < -0.4 is 27.6 Å². The topological polar surface area (TPSA) is 63.2 Å². The number of carbonyl (C=O) groups excluding carboxylic acids is 1. The number of quaternary nitrogens is 1. The molecule has 0 fully saturated rings. The van der Waals surface area contributed by atoms with Crippen molar-refractivity contribution in [3.63, 3.8) is 0 Å². The predicted octanol–water partition coefficient (Wildman–Crippen LogP) is -3.11. The van der Waals surface area contributed by atoms with Gasteiger partial charge in [0, 0.05) is 5.56 Å². The highest BCUT2D eigenvalue weighted by Gasteiger charge is 2.14. The molecule has 0 spiro atoms. The summed E-state index contributed by atoms with van der Waals surface area (Å²) >= 11 is 0. The van der Waals surface area contributed by atoms with E-state index in [1.54, 1.807) is 18.2 Å². The van der Waals surface area contributed by atoms with E-state index in [0.717, 1.165) is 0 Å². The number of rotatable bonds is 2. The molecule has 0 atom stereocenters. The highest BCUT2D eigenvalue weighted by molar-refractivity contribution is 5.97. The van der Waals surface area contributed by atoms with Crippen molar-refractivity contribution >= 4 is 5.78 Å². The van der Waals surface area contributed by atoms with Crippen molar-refractivity contribution in [3.8, 4) is 11.5 Å². The van der Waals surface area contributed by atoms with E-state index in [9.17, 15) is 4.79 Å². The van der Waals surface area contributed by atoms with Crippen molar-refractivity contribution in [2.45, 2.75) is 0 Å². The van der Waals surface area contributed by atoms with Gasteiger partial charge in [0.15, 0.2) is 11.5 Å². The second-order valence-electron chi connectivity index (χ2n) is 3.03. The summed E-state index contributed by atoms with van der Waals surface area (Å²) < 4.78 is 10.7. The minimum Gasteiger partial charge on any atom is -1.00 e. The monoisotopic (exact) mass is 229 g/mol. The fourth-order valence-electron chi connectivity index (χ4n) is 1.36. The Kier molecular flexibility index (Phi) is 3.94. The molecule has 0 amide bonds. The molecular weight excluding hydrogens is 218 g/mol. The number of ketones is 1. The van der Waals surface area contributed by atoms with Crippen LogP contribution in [0, 0.1) is 0 Å². The maximum atomic E-state index is 11.3. The highest BCUT2D eigenvalue weighted by Crippen LogP contribution is 2.30. The first-order chi connectivity index (χ1) is 6.81. The number of Topliss-reactive ketones (excluding diaryl/α,β-unsaturated/α-hetero) is 1. The average Bonchev–Trinajstić information content (AvgIpc) is 2.27. The Labute approximate surface area is 93.8 Å². The fraction of sp³-hybridized carbons (Fsp3) is 0.300. The van der Waals surface area contributed by atoms with Gasteiger partial charge in [-0.1, -0.05) is 0 Å². The smallest absolute Gasteiger partial charge is 0.216 e. The highest BCUT2D eigenvalue weighted by atomic mass is 35.5. The van der Waals surface area contributed by atoms with Gasteiger partial charge in [-0.05, 0) is 18.2 Å². The third kappa shape index (κ3) is 2.40. The SMILES string of the molecule is [Cl-].[NH3+]CC(=O)c1ccc2c(c1)OCCO2. The maximum Gasteiger partial charge on any atom is 0.216 e. The van der Waals surface area contributed by atoms with Crippen molar-refractivity contribution in [2.75, 3.05) is 19.8 Å². The zero-order valence-corrected chi connectivity index (χ0v) is 8.92. The number of carbonyl (C=O) groups is 1. The minimum atomic E-state index is 0. The molecule has 1 aromatic carbocycles. The van der Waals surface area contributed by atoms with Gasteiger partial charge in [-0.25, -0.2) is 0 Å². The molecule has 0 saturated carbocycles. The zero-order chi connectivity index (χ0) is 9.97. The molecule has 1 aliphatic rings. The third-order valence-electron chi connectivity index (χ3n) is 2.09. The lowest BCUT2D eigenvalue weighted by molar-refractivity contribution is -0.349. The molecule has 0 aliphatic carbocycles. The van der Waals surface area contributed by atoms with Crippen LogP contribution in [0.4, 0.5) is 0 Å². The first-order valence-electron chi connectivity index (χ1n) is 4.53. The van der Waals surface area contributed by atoms with E-state index in [-0.39, 0.29) is 24.7 Å². The molecule has 0 unspecified atom stereocenters. The summed E-state index contributed by atoms with van der Waals surface area (Å²) in [6.45, 7) is 1.37. The molecular formula is C10H12ClNO3. The van der Waals surface area contributed by atoms with Gasteiger partial charge >= 0.3 is 0 Å². The number of ether oxygens (including phenoxy) is 2. The van der Waals surface area contributed by atoms with Crippen LogP contribution in [-0.2, 0) is 0 Å². The molecule has 4 nitrogen and oxygen atoms in total. The van der Waals surface area contributed by atoms with E-state index in [4.69, 9.17) is 9.47 Å². The summed E-state index contributed by atoms with van der Waals surface area (Å²) in [5.74, 6) is 1.37. The van der Waals surface area contributed by atoms with Gasteiger partial charge in [-0.15, -0.1) is 0 Å². The Bertz CT molecular complexity index is 368. The van der Waals surface area contributed by atoms with Crippen LogP contribution in [0.3, 0.4) is 0 Å². The predicted molar refractivity (Wildman–Crippen MR) is 49.5 cm³/mol. The van der Waals surface area contributed by atoms with Crippen LogP contribution in [0.5, 0.6) is 11.5 Å². The molecule has 3 N–H and O–H groups in total. The zero-order valence-electron chi connectivity index (χ0n) is 8.16.